The van der Waals surface area contributed by atoms with Crippen LogP contribution in [0.4, 0.5) is 26.3 Å². The molecule has 1 atom stereocenters. The zero-order valence-corrected chi connectivity index (χ0v) is 9.17. The second-order valence-electron chi connectivity index (χ2n) is 4.36. The Hall–Kier alpha value is -0.460. The van der Waals surface area contributed by atoms with Gasteiger partial charge in [0.25, 0.3) is 0 Å². The summed E-state index contributed by atoms with van der Waals surface area (Å²) in [6, 6.07) is 0.0807. The summed E-state index contributed by atoms with van der Waals surface area (Å²) in [6.07, 6.45) is -9.16. The molecule has 0 aromatic heterocycles. The lowest BCUT2D eigenvalue weighted by molar-refractivity contribution is -0.285. The minimum absolute atomic E-state index is 0.0542. The molecule has 1 unspecified atom stereocenters. The van der Waals surface area contributed by atoms with E-state index in [9.17, 15) is 26.3 Å². The van der Waals surface area contributed by atoms with E-state index in [1.54, 1.807) is 0 Å². The Morgan fingerprint density at radius 3 is 2.06 bits per heavy atom. The molecule has 102 valence electrons. The lowest BCUT2D eigenvalue weighted by Crippen LogP contribution is -2.36. The van der Waals surface area contributed by atoms with E-state index in [1.807, 2.05) is 0 Å². The summed E-state index contributed by atoms with van der Waals surface area (Å²) in [5.74, 6) is -3.18. The Bertz CT molecular complexity index is 214. The first-order valence-electron chi connectivity index (χ1n) is 5.58. The highest BCUT2D eigenvalue weighted by Crippen LogP contribution is 2.42. The molecule has 0 aromatic rings. The molecular weight excluding hydrogens is 248 g/mol. The molecule has 1 heterocycles. The van der Waals surface area contributed by atoms with Crippen molar-refractivity contribution in [3.05, 3.63) is 0 Å². The maximum absolute atomic E-state index is 12.2. The van der Waals surface area contributed by atoms with Crippen LogP contribution in [0.15, 0.2) is 0 Å². The normalized spacial score (nSPS) is 22.4. The fourth-order valence-electron chi connectivity index (χ4n) is 2.08. The van der Waals surface area contributed by atoms with Gasteiger partial charge in [0.15, 0.2) is 5.92 Å². The molecule has 1 saturated heterocycles. The molecule has 1 aliphatic heterocycles. The van der Waals surface area contributed by atoms with E-state index >= 15 is 0 Å². The van der Waals surface area contributed by atoms with Gasteiger partial charge in [0.05, 0.1) is 0 Å². The molecule has 0 spiro atoms. The maximum Gasteiger partial charge on any atom is 0.400 e. The molecule has 17 heavy (non-hydrogen) atoms. The highest BCUT2D eigenvalue weighted by atomic mass is 19.4. The molecule has 1 N–H and O–H groups in total. The van der Waals surface area contributed by atoms with Crippen LogP contribution in [0.1, 0.15) is 32.1 Å². The van der Waals surface area contributed by atoms with E-state index in [0.717, 1.165) is 19.4 Å². The summed E-state index contributed by atoms with van der Waals surface area (Å²) in [7, 11) is 0. The quantitative estimate of drug-likeness (QED) is 0.763. The van der Waals surface area contributed by atoms with Crippen LogP contribution < -0.4 is 5.32 Å². The number of rotatable bonds is 4. The van der Waals surface area contributed by atoms with Gasteiger partial charge in [0.1, 0.15) is 0 Å². The van der Waals surface area contributed by atoms with Gasteiger partial charge < -0.3 is 5.32 Å². The number of nitrogens with one attached hydrogen (secondary N) is 1. The van der Waals surface area contributed by atoms with E-state index < -0.39 is 24.7 Å². The lowest BCUT2D eigenvalue weighted by atomic mass is 9.98. The van der Waals surface area contributed by atoms with Gasteiger partial charge in [-0.05, 0) is 32.2 Å². The third kappa shape index (κ3) is 4.73. The largest absolute Gasteiger partial charge is 0.400 e. The van der Waals surface area contributed by atoms with Gasteiger partial charge in [0.2, 0.25) is 0 Å². The Morgan fingerprint density at radius 1 is 1.06 bits per heavy atom. The van der Waals surface area contributed by atoms with Gasteiger partial charge >= 0.3 is 12.4 Å². The molecule has 0 saturated carbocycles. The summed E-state index contributed by atoms with van der Waals surface area (Å²) in [6.45, 7) is 0.798. The van der Waals surface area contributed by atoms with Gasteiger partial charge in [-0.15, -0.1) is 0 Å². The number of halogens is 6. The SMILES string of the molecule is FC(F)(F)C(CCCC1CCCN1)C(F)(F)F. The zero-order valence-electron chi connectivity index (χ0n) is 9.17. The van der Waals surface area contributed by atoms with Crippen LogP contribution >= 0.6 is 0 Å². The van der Waals surface area contributed by atoms with Crippen molar-refractivity contribution in [3.63, 3.8) is 0 Å². The average molecular weight is 263 g/mol. The van der Waals surface area contributed by atoms with Crippen LogP contribution in [0.2, 0.25) is 0 Å². The Labute approximate surface area is 95.6 Å². The van der Waals surface area contributed by atoms with Crippen molar-refractivity contribution in [3.8, 4) is 0 Å². The number of alkyl halides is 6. The maximum atomic E-state index is 12.2. The van der Waals surface area contributed by atoms with Gasteiger partial charge in [-0.25, -0.2) is 0 Å². The summed E-state index contributed by atoms with van der Waals surface area (Å²) in [5, 5.41) is 3.05. The Morgan fingerprint density at radius 2 is 1.65 bits per heavy atom. The van der Waals surface area contributed by atoms with Crippen LogP contribution in [0.25, 0.3) is 0 Å². The van der Waals surface area contributed by atoms with E-state index in [4.69, 9.17) is 0 Å². The lowest BCUT2D eigenvalue weighted by Gasteiger charge is -2.23. The molecule has 0 bridgehead atoms. The second-order valence-corrected chi connectivity index (χ2v) is 4.36. The smallest absolute Gasteiger partial charge is 0.314 e. The highest BCUT2D eigenvalue weighted by molar-refractivity contribution is 4.78. The number of hydrogen-bond acceptors (Lipinski definition) is 1. The third-order valence-corrected chi connectivity index (χ3v) is 3.00. The first kappa shape index (κ1) is 14.6. The van der Waals surface area contributed by atoms with E-state index in [-0.39, 0.29) is 12.5 Å². The Balaban J connectivity index is 2.39. The fourth-order valence-corrected chi connectivity index (χ4v) is 2.08. The van der Waals surface area contributed by atoms with Gasteiger partial charge in [-0.1, -0.05) is 6.42 Å². The molecule has 1 fully saturated rings. The first-order valence-corrected chi connectivity index (χ1v) is 5.58. The summed E-state index contributed by atoms with van der Waals surface area (Å²) in [4.78, 5) is 0. The molecule has 0 amide bonds. The fraction of sp³-hybridized carbons (Fsp3) is 1.00. The molecule has 1 rings (SSSR count). The van der Waals surface area contributed by atoms with Crippen LogP contribution in [0.3, 0.4) is 0 Å². The predicted octanol–water partition coefficient (Wildman–Crippen LogP) is 3.65. The molecular formula is C10H15F6N. The van der Waals surface area contributed by atoms with Crippen LogP contribution in [0.5, 0.6) is 0 Å². The van der Waals surface area contributed by atoms with Crippen molar-refractivity contribution < 1.29 is 26.3 Å². The van der Waals surface area contributed by atoms with Crippen molar-refractivity contribution in [2.75, 3.05) is 6.54 Å². The number of hydrogen-bond donors (Lipinski definition) is 1. The van der Waals surface area contributed by atoms with Gasteiger partial charge in [-0.3, -0.25) is 0 Å². The zero-order chi connectivity index (χ0) is 13.1. The van der Waals surface area contributed by atoms with E-state index in [2.05, 4.69) is 5.32 Å². The van der Waals surface area contributed by atoms with Crippen molar-refractivity contribution in [2.24, 2.45) is 5.92 Å². The van der Waals surface area contributed by atoms with Crippen molar-refractivity contribution in [2.45, 2.75) is 50.5 Å². The van der Waals surface area contributed by atoms with Gasteiger partial charge in [-0.2, -0.15) is 26.3 Å². The van der Waals surface area contributed by atoms with Crippen molar-refractivity contribution >= 4 is 0 Å². The van der Waals surface area contributed by atoms with Crippen LogP contribution in [-0.4, -0.2) is 24.9 Å². The topological polar surface area (TPSA) is 12.0 Å². The summed E-state index contributed by atoms with van der Waals surface area (Å²) < 4.78 is 73.1. The molecule has 1 aliphatic rings. The molecule has 0 radical (unpaired) electrons. The van der Waals surface area contributed by atoms with Gasteiger partial charge in [0, 0.05) is 6.04 Å². The van der Waals surface area contributed by atoms with Crippen molar-refractivity contribution in [1.29, 1.82) is 0 Å². The summed E-state index contributed by atoms with van der Waals surface area (Å²) in [5.41, 5.74) is 0. The average Bonchev–Trinajstić information content (AvgIpc) is 2.60. The minimum atomic E-state index is -5.19. The Kier molecular flexibility index (Phi) is 4.69. The van der Waals surface area contributed by atoms with E-state index in [1.165, 1.54) is 0 Å². The minimum Gasteiger partial charge on any atom is -0.314 e. The standard InChI is InChI=1S/C10H15F6N/c11-9(12,13)8(10(14,15)16)5-1-3-7-4-2-6-17-7/h7-8,17H,1-6H2. The van der Waals surface area contributed by atoms with Crippen molar-refractivity contribution in [1.82, 2.24) is 5.32 Å². The van der Waals surface area contributed by atoms with Crippen LogP contribution in [0, 0.1) is 5.92 Å². The highest BCUT2D eigenvalue weighted by Gasteiger charge is 2.55. The second kappa shape index (κ2) is 5.46. The molecule has 7 heteroatoms. The third-order valence-electron chi connectivity index (χ3n) is 3.00. The van der Waals surface area contributed by atoms with E-state index in [0.29, 0.717) is 6.42 Å². The molecule has 0 aliphatic carbocycles. The van der Waals surface area contributed by atoms with Crippen LogP contribution in [-0.2, 0) is 0 Å². The monoisotopic (exact) mass is 263 g/mol. The predicted molar refractivity (Wildman–Crippen MR) is 50.5 cm³/mol. The first-order chi connectivity index (χ1) is 7.71. The molecule has 0 aromatic carbocycles. The summed E-state index contributed by atoms with van der Waals surface area (Å²) >= 11 is 0. The molecule has 1 nitrogen and oxygen atoms in total.